The number of sulfonamides is 1. The summed E-state index contributed by atoms with van der Waals surface area (Å²) in [7, 11) is -3.93. The van der Waals surface area contributed by atoms with Crippen LogP contribution in [0.3, 0.4) is 0 Å². The van der Waals surface area contributed by atoms with Gasteiger partial charge in [0.15, 0.2) is 11.5 Å². The Labute approximate surface area is 178 Å². The van der Waals surface area contributed by atoms with Crippen LogP contribution in [0.2, 0.25) is 0 Å². The molecule has 3 rings (SSSR count). The first-order valence-electron chi connectivity index (χ1n) is 9.20. The molecule has 10 heteroatoms. The van der Waals surface area contributed by atoms with Crippen molar-refractivity contribution in [1.82, 2.24) is 4.72 Å². The average molecular weight is 455 g/mol. The summed E-state index contributed by atoms with van der Waals surface area (Å²) >= 11 is 0. The fourth-order valence-corrected chi connectivity index (χ4v) is 3.89. The smallest absolute Gasteiger partial charge is 0.483 e. The van der Waals surface area contributed by atoms with Gasteiger partial charge < -0.3 is 14.2 Å². The highest BCUT2D eigenvalue weighted by molar-refractivity contribution is 7.89. The van der Waals surface area contributed by atoms with E-state index < -0.39 is 22.1 Å². The number of alkyl halides is 3. The molecule has 0 radical (unpaired) electrons. The minimum absolute atomic E-state index is 0.0332. The van der Waals surface area contributed by atoms with Gasteiger partial charge in [0.1, 0.15) is 18.0 Å². The largest absolute Gasteiger partial charge is 0.573 e. The molecule has 31 heavy (non-hydrogen) atoms. The fourth-order valence-electron chi connectivity index (χ4n) is 2.96. The molecule has 1 aliphatic heterocycles. The zero-order valence-corrected chi connectivity index (χ0v) is 17.6. The molecule has 1 N–H and O–H groups in total. The molecule has 2 aromatic carbocycles. The Morgan fingerprint density at radius 2 is 1.84 bits per heavy atom. The Morgan fingerprint density at radius 3 is 2.52 bits per heavy atom. The van der Waals surface area contributed by atoms with Gasteiger partial charge in [-0.25, -0.2) is 8.42 Å². The third-order valence-electron chi connectivity index (χ3n) is 4.20. The molecule has 2 aromatic rings. The van der Waals surface area contributed by atoms with E-state index in [2.05, 4.69) is 21.3 Å². The van der Waals surface area contributed by atoms with Crippen LogP contribution in [-0.4, -0.2) is 33.5 Å². The van der Waals surface area contributed by atoms with Crippen LogP contribution >= 0.6 is 0 Å². The lowest BCUT2D eigenvalue weighted by atomic mass is 10.0. The van der Waals surface area contributed by atoms with Crippen molar-refractivity contribution in [2.45, 2.75) is 37.1 Å². The van der Waals surface area contributed by atoms with Gasteiger partial charge in [-0.2, -0.15) is 4.72 Å². The molecule has 0 saturated carbocycles. The molecule has 0 unspecified atom stereocenters. The van der Waals surface area contributed by atoms with Crippen molar-refractivity contribution in [2.75, 3.05) is 13.2 Å². The summed E-state index contributed by atoms with van der Waals surface area (Å²) < 4.78 is 78.3. The van der Waals surface area contributed by atoms with Crippen molar-refractivity contribution in [1.29, 1.82) is 0 Å². The summed E-state index contributed by atoms with van der Waals surface area (Å²) in [6.45, 7) is 3.81. The molecular formula is C21H20F3NO5S. The van der Waals surface area contributed by atoms with Crippen LogP contribution in [0.15, 0.2) is 47.4 Å². The topological polar surface area (TPSA) is 73.9 Å². The summed E-state index contributed by atoms with van der Waals surface area (Å²) in [5, 5.41) is 0. The highest BCUT2D eigenvalue weighted by atomic mass is 32.2. The molecule has 0 aliphatic carbocycles. The Morgan fingerprint density at radius 1 is 1.13 bits per heavy atom. The second-order valence-corrected chi connectivity index (χ2v) is 9.04. The summed E-state index contributed by atoms with van der Waals surface area (Å²) in [5.41, 5.74) is 0.748. The molecule has 1 aliphatic rings. The maximum Gasteiger partial charge on any atom is 0.573 e. The molecule has 0 bridgehead atoms. The lowest BCUT2D eigenvalue weighted by molar-refractivity contribution is -0.274. The number of halogens is 3. The lowest BCUT2D eigenvalue weighted by Gasteiger charge is -2.17. The number of hydrogen-bond acceptors (Lipinski definition) is 5. The van der Waals surface area contributed by atoms with Gasteiger partial charge in [0.05, 0.1) is 11.4 Å². The van der Waals surface area contributed by atoms with Crippen LogP contribution in [-0.2, 0) is 16.4 Å². The quantitative estimate of drug-likeness (QED) is 0.673. The van der Waals surface area contributed by atoms with E-state index >= 15 is 0 Å². The molecule has 0 saturated heterocycles. The molecule has 0 spiro atoms. The molecular weight excluding hydrogens is 435 g/mol. The van der Waals surface area contributed by atoms with E-state index in [4.69, 9.17) is 9.47 Å². The van der Waals surface area contributed by atoms with Gasteiger partial charge in [-0.3, -0.25) is 0 Å². The van der Waals surface area contributed by atoms with E-state index in [1.807, 2.05) is 26.0 Å². The number of para-hydroxylation sites is 1. The fraction of sp³-hybridized carbons (Fsp3) is 0.333. The zero-order valence-electron chi connectivity index (χ0n) is 16.7. The molecule has 0 amide bonds. The predicted octanol–water partition coefficient (Wildman–Crippen LogP) is 3.66. The summed E-state index contributed by atoms with van der Waals surface area (Å²) in [6.07, 6.45) is -4.07. The van der Waals surface area contributed by atoms with E-state index in [1.165, 1.54) is 0 Å². The van der Waals surface area contributed by atoms with Crippen LogP contribution in [0, 0.1) is 11.8 Å². The van der Waals surface area contributed by atoms with E-state index in [1.54, 1.807) is 6.07 Å². The third-order valence-corrected chi connectivity index (χ3v) is 5.62. The molecule has 1 heterocycles. The van der Waals surface area contributed by atoms with Crippen molar-refractivity contribution in [2.24, 2.45) is 0 Å². The van der Waals surface area contributed by atoms with E-state index in [0.29, 0.717) is 11.5 Å². The van der Waals surface area contributed by atoms with Crippen molar-refractivity contribution in [3.8, 4) is 29.1 Å². The maximum atomic E-state index is 12.2. The molecule has 0 fully saturated rings. The number of nitrogens with one attached hydrogen (secondary N) is 1. The van der Waals surface area contributed by atoms with Crippen molar-refractivity contribution in [3.63, 3.8) is 0 Å². The van der Waals surface area contributed by atoms with Crippen molar-refractivity contribution >= 4 is 10.0 Å². The van der Waals surface area contributed by atoms with Crippen LogP contribution in [0.25, 0.3) is 0 Å². The molecule has 0 atom stereocenters. The van der Waals surface area contributed by atoms with E-state index in [0.717, 1.165) is 36.2 Å². The summed E-state index contributed by atoms with van der Waals surface area (Å²) in [5.74, 6) is 6.08. The second-order valence-electron chi connectivity index (χ2n) is 7.27. The molecule has 166 valence electrons. The first-order valence-corrected chi connectivity index (χ1v) is 10.7. The van der Waals surface area contributed by atoms with Gasteiger partial charge in [-0.15, -0.1) is 13.2 Å². The predicted molar refractivity (Wildman–Crippen MR) is 106 cm³/mol. The van der Waals surface area contributed by atoms with Crippen molar-refractivity contribution in [3.05, 3.63) is 48.0 Å². The number of benzene rings is 2. The minimum atomic E-state index is -4.85. The first kappa shape index (κ1) is 22.8. The Kier molecular flexibility index (Phi) is 6.38. The number of rotatable bonds is 6. The SMILES string of the molecule is CC1(C)Cc2cccc(OCC#CCNS(=O)(=O)c3ccc(OC(F)(F)F)cc3)c2O1. The van der Waals surface area contributed by atoms with Gasteiger partial charge in [0, 0.05) is 12.0 Å². The Balaban J connectivity index is 1.51. The minimum Gasteiger partial charge on any atom is -0.483 e. The monoisotopic (exact) mass is 455 g/mol. The van der Waals surface area contributed by atoms with Gasteiger partial charge in [0.25, 0.3) is 0 Å². The van der Waals surface area contributed by atoms with Crippen LogP contribution in [0.5, 0.6) is 17.2 Å². The zero-order chi connectivity index (χ0) is 22.7. The second kappa shape index (κ2) is 8.69. The third kappa shape index (κ3) is 6.29. The number of fused-ring (bicyclic) bond motifs is 1. The molecule has 0 aromatic heterocycles. The van der Waals surface area contributed by atoms with E-state index in [9.17, 15) is 21.6 Å². The summed E-state index contributed by atoms with van der Waals surface area (Å²) in [4.78, 5) is -0.209. The van der Waals surface area contributed by atoms with Crippen LogP contribution in [0.4, 0.5) is 13.2 Å². The lowest BCUT2D eigenvalue weighted by Crippen LogP contribution is -2.24. The normalized spacial score (nSPS) is 14.7. The summed E-state index contributed by atoms with van der Waals surface area (Å²) in [6, 6.07) is 9.47. The van der Waals surface area contributed by atoms with Crippen molar-refractivity contribution < 1.29 is 35.8 Å². The van der Waals surface area contributed by atoms with Gasteiger partial charge >= 0.3 is 6.36 Å². The number of hydrogen-bond donors (Lipinski definition) is 1. The molecule has 6 nitrogen and oxygen atoms in total. The van der Waals surface area contributed by atoms with Crippen LogP contribution < -0.4 is 18.9 Å². The van der Waals surface area contributed by atoms with Gasteiger partial charge in [-0.05, 0) is 44.2 Å². The highest BCUT2D eigenvalue weighted by Gasteiger charge is 2.32. The Hall–Kier alpha value is -2.90. The number of ether oxygens (including phenoxy) is 3. The maximum absolute atomic E-state index is 12.2. The standard InChI is InChI=1S/C21H20F3NO5S/c1-20(2)14-15-6-5-7-18(19(15)30-20)28-13-4-3-12-25-31(26,27)17-10-8-16(9-11-17)29-21(22,23)24/h5-11,25H,12-14H2,1-2H3. The van der Waals surface area contributed by atoms with Gasteiger partial charge in [0.2, 0.25) is 10.0 Å². The highest BCUT2D eigenvalue weighted by Crippen LogP contribution is 2.41. The van der Waals surface area contributed by atoms with Crippen LogP contribution in [0.1, 0.15) is 19.4 Å². The Bertz CT molecular complexity index is 1100. The van der Waals surface area contributed by atoms with Gasteiger partial charge in [-0.1, -0.05) is 24.0 Å². The average Bonchev–Trinajstić information content (AvgIpc) is 2.98. The first-order chi connectivity index (χ1) is 14.5. The van der Waals surface area contributed by atoms with E-state index in [-0.39, 0.29) is 23.6 Å².